The van der Waals surface area contributed by atoms with Gasteiger partial charge in [-0.3, -0.25) is 4.55 Å². The summed E-state index contributed by atoms with van der Waals surface area (Å²) in [5.74, 6) is 0. The number of furan rings is 1. The summed E-state index contributed by atoms with van der Waals surface area (Å²) in [6.07, 6.45) is 4.84. The van der Waals surface area contributed by atoms with E-state index in [2.05, 4.69) is 0 Å². The van der Waals surface area contributed by atoms with Gasteiger partial charge in [0.05, 0.1) is 12.5 Å². The van der Waals surface area contributed by atoms with Gasteiger partial charge in [-0.2, -0.15) is 8.42 Å². The van der Waals surface area contributed by atoms with Crippen molar-refractivity contribution in [1.29, 1.82) is 0 Å². The lowest BCUT2D eigenvalue weighted by Crippen LogP contribution is -2.11. The average Bonchev–Trinajstić information content (AvgIpc) is 2.55. The minimum atomic E-state index is -4.02. The molecule has 0 saturated carbocycles. The number of rotatable bonds is 5. The summed E-state index contributed by atoms with van der Waals surface area (Å²) in [5, 5.41) is -0.846. The molecular formula is C9H14O4S. The second kappa shape index (κ2) is 4.61. The van der Waals surface area contributed by atoms with Crippen molar-refractivity contribution in [3.8, 4) is 0 Å². The van der Waals surface area contributed by atoms with Crippen molar-refractivity contribution >= 4 is 10.1 Å². The third kappa shape index (κ3) is 2.85. The molecule has 1 aromatic rings. The topological polar surface area (TPSA) is 67.5 Å². The van der Waals surface area contributed by atoms with E-state index in [0.717, 1.165) is 12.8 Å². The van der Waals surface area contributed by atoms with Crippen LogP contribution in [0.4, 0.5) is 0 Å². The fraction of sp³-hybridized carbons (Fsp3) is 0.556. The van der Waals surface area contributed by atoms with Crippen LogP contribution in [0.5, 0.6) is 0 Å². The Kier molecular flexibility index (Phi) is 3.71. The van der Waals surface area contributed by atoms with E-state index in [9.17, 15) is 8.42 Å². The van der Waals surface area contributed by atoms with Gasteiger partial charge >= 0.3 is 0 Å². The fourth-order valence-electron chi connectivity index (χ4n) is 1.34. The molecule has 80 valence electrons. The second-order valence-corrected chi connectivity index (χ2v) is 4.80. The highest BCUT2D eigenvalue weighted by molar-refractivity contribution is 7.86. The summed E-state index contributed by atoms with van der Waals surface area (Å²) in [7, 11) is -4.02. The van der Waals surface area contributed by atoms with Gasteiger partial charge in [-0.25, -0.2) is 0 Å². The van der Waals surface area contributed by atoms with E-state index < -0.39 is 15.4 Å². The molecule has 0 saturated heterocycles. The highest BCUT2D eigenvalue weighted by Crippen LogP contribution is 2.27. The summed E-state index contributed by atoms with van der Waals surface area (Å²) in [4.78, 5) is 0. The summed E-state index contributed by atoms with van der Waals surface area (Å²) >= 11 is 0. The first kappa shape index (κ1) is 11.3. The van der Waals surface area contributed by atoms with E-state index in [0.29, 0.717) is 12.0 Å². The summed E-state index contributed by atoms with van der Waals surface area (Å²) in [6.45, 7) is 1.97. The monoisotopic (exact) mass is 218 g/mol. The van der Waals surface area contributed by atoms with Gasteiger partial charge in [-0.1, -0.05) is 19.8 Å². The van der Waals surface area contributed by atoms with Crippen LogP contribution in [-0.2, 0) is 10.1 Å². The van der Waals surface area contributed by atoms with Crippen LogP contribution in [0.3, 0.4) is 0 Å². The Hall–Kier alpha value is -0.810. The molecule has 1 atom stereocenters. The predicted octanol–water partition coefficient (Wildman–Crippen LogP) is 2.40. The molecule has 0 amide bonds. The van der Waals surface area contributed by atoms with Gasteiger partial charge in [0.2, 0.25) is 0 Å². The lowest BCUT2D eigenvalue weighted by molar-refractivity contribution is 0.460. The van der Waals surface area contributed by atoms with Gasteiger partial charge in [0.15, 0.2) is 0 Å². The van der Waals surface area contributed by atoms with Crippen LogP contribution in [-0.4, -0.2) is 13.0 Å². The highest BCUT2D eigenvalue weighted by Gasteiger charge is 2.25. The van der Waals surface area contributed by atoms with Crippen LogP contribution in [0.2, 0.25) is 0 Å². The van der Waals surface area contributed by atoms with Gasteiger partial charge in [0, 0.05) is 5.56 Å². The molecule has 0 aliphatic rings. The van der Waals surface area contributed by atoms with Crippen molar-refractivity contribution in [3.63, 3.8) is 0 Å². The molecule has 0 aromatic carbocycles. The highest BCUT2D eigenvalue weighted by atomic mass is 32.2. The smallest absolute Gasteiger partial charge is 0.272 e. The average molecular weight is 218 g/mol. The first-order valence-corrected chi connectivity index (χ1v) is 6.04. The molecule has 0 fully saturated rings. The summed E-state index contributed by atoms with van der Waals surface area (Å²) in [5.41, 5.74) is 0.515. The lowest BCUT2D eigenvalue weighted by Gasteiger charge is -2.10. The Morgan fingerprint density at radius 1 is 1.57 bits per heavy atom. The number of unbranched alkanes of at least 4 members (excludes halogenated alkanes) is 1. The van der Waals surface area contributed by atoms with Crippen LogP contribution < -0.4 is 0 Å². The molecule has 0 aliphatic heterocycles. The van der Waals surface area contributed by atoms with E-state index in [4.69, 9.17) is 8.97 Å². The van der Waals surface area contributed by atoms with Gasteiger partial charge in [0.25, 0.3) is 10.1 Å². The standard InChI is InChI=1S/C9H14O4S/c1-2-3-4-9(14(10,11)12)8-5-6-13-7-8/h5-7,9H,2-4H2,1H3,(H,10,11,12). The van der Waals surface area contributed by atoms with Gasteiger partial charge in [0.1, 0.15) is 5.25 Å². The third-order valence-electron chi connectivity index (χ3n) is 2.09. The van der Waals surface area contributed by atoms with E-state index in [1.807, 2.05) is 6.92 Å². The Labute approximate surface area is 83.7 Å². The van der Waals surface area contributed by atoms with Crippen molar-refractivity contribution in [2.45, 2.75) is 31.4 Å². The maximum Gasteiger partial charge on any atom is 0.272 e. The SMILES string of the molecule is CCCCC(c1ccoc1)S(=O)(=O)O. The molecule has 1 heterocycles. The van der Waals surface area contributed by atoms with E-state index in [1.54, 1.807) is 6.07 Å². The Balaban J connectivity index is 2.84. The summed E-state index contributed by atoms with van der Waals surface area (Å²) in [6, 6.07) is 1.56. The fourth-order valence-corrected chi connectivity index (χ4v) is 2.28. The van der Waals surface area contributed by atoms with Crippen molar-refractivity contribution in [1.82, 2.24) is 0 Å². The zero-order valence-corrected chi connectivity index (χ0v) is 8.83. The molecule has 0 bridgehead atoms. The zero-order chi connectivity index (χ0) is 10.6. The minimum absolute atomic E-state index is 0.425. The van der Waals surface area contributed by atoms with Crippen LogP contribution in [0, 0.1) is 0 Å². The number of hydrogen-bond acceptors (Lipinski definition) is 3. The zero-order valence-electron chi connectivity index (χ0n) is 8.01. The van der Waals surface area contributed by atoms with Gasteiger partial charge < -0.3 is 4.42 Å². The largest absolute Gasteiger partial charge is 0.472 e. The molecule has 1 unspecified atom stereocenters. The van der Waals surface area contributed by atoms with Crippen LogP contribution in [0.1, 0.15) is 37.0 Å². The normalized spacial score (nSPS) is 14.1. The Morgan fingerprint density at radius 3 is 2.71 bits per heavy atom. The van der Waals surface area contributed by atoms with Crippen LogP contribution in [0.15, 0.2) is 23.0 Å². The molecule has 14 heavy (non-hydrogen) atoms. The molecule has 1 N–H and O–H groups in total. The molecule has 0 radical (unpaired) electrons. The molecule has 5 heteroatoms. The Bertz CT molecular complexity index is 352. The lowest BCUT2D eigenvalue weighted by atomic mass is 10.1. The van der Waals surface area contributed by atoms with E-state index in [-0.39, 0.29) is 0 Å². The van der Waals surface area contributed by atoms with Gasteiger partial charge in [-0.05, 0) is 12.5 Å². The molecule has 1 aromatic heterocycles. The Morgan fingerprint density at radius 2 is 2.29 bits per heavy atom. The maximum atomic E-state index is 11.0. The van der Waals surface area contributed by atoms with Crippen LogP contribution in [0.25, 0.3) is 0 Å². The maximum absolute atomic E-state index is 11.0. The predicted molar refractivity (Wildman–Crippen MR) is 52.5 cm³/mol. The van der Waals surface area contributed by atoms with Crippen molar-refractivity contribution in [2.75, 3.05) is 0 Å². The first-order chi connectivity index (χ1) is 6.55. The third-order valence-corrected chi connectivity index (χ3v) is 3.32. The molecule has 4 nitrogen and oxygen atoms in total. The summed E-state index contributed by atoms with van der Waals surface area (Å²) < 4.78 is 35.9. The first-order valence-electron chi connectivity index (χ1n) is 4.54. The van der Waals surface area contributed by atoms with Gasteiger partial charge in [-0.15, -0.1) is 0 Å². The molecule has 0 aliphatic carbocycles. The second-order valence-electron chi connectivity index (χ2n) is 3.20. The quantitative estimate of drug-likeness (QED) is 0.770. The van der Waals surface area contributed by atoms with E-state index >= 15 is 0 Å². The molecular weight excluding hydrogens is 204 g/mol. The van der Waals surface area contributed by atoms with E-state index in [1.165, 1.54) is 12.5 Å². The minimum Gasteiger partial charge on any atom is -0.472 e. The van der Waals surface area contributed by atoms with Crippen molar-refractivity contribution < 1.29 is 17.4 Å². The van der Waals surface area contributed by atoms with Crippen LogP contribution >= 0.6 is 0 Å². The molecule has 0 spiro atoms. The molecule has 1 rings (SSSR count). The van der Waals surface area contributed by atoms with Crippen molar-refractivity contribution in [3.05, 3.63) is 24.2 Å². The number of hydrogen-bond donors (Lipinski definition) is 1. The van der Waals surface area contributed by atoms with Crippen molar-refractivity contribution in [2.24, 2.45) is 0 Å².